The van der Waals surface area contributed by atoms with Crippen molar-refractivity contribution >= 4 is 23.2 Å². The summed E-state index contributed by atoms with van der Waals surface area (Å²) >= 11 is 12.5. The molecular weight excluding hydrogens is 389 g/mol. The van der Waals surface area contributed by atoms with Crippen molar-refractivity contribution in [2.24, 2.45) is 0 Å². The summed E-state index contributed by atoms with van der Waals surface area (Å²) in [6.07, 6.45) is 4.75. The van der Waals surface area contributed by atoms with E-state index in [0.29, 0.717) is 39.4 Å². The molecule has 1 unspecified atom stereocenters. The Morgan fingerprint density at radius 3 is 2.37 bits per heavy atom. The summed E-state index contributed by atoms with van der Waals surface area (Å²) in [5.41, 5.74) is 0.675. The number of rotatable bonds is 5. The van der Waals surface area contributed by atoms with Crippen molar-refractivity contribution in [1.82, 2.24) is 14.8 Å². The largest absolute Gasteiger partial charge is 0.457 e. The van der Waals surface area contributed by atoms with Gasteiger partial charge >= 0.3 is 0 Å². The normalized spacial score (nSPS) is 18.6. The Morgan fingerprint density at radius 1 is 1.04 bits per heavy atom. The van der Waals surface area contributed by atoms with Crippen LogP contribution in [0.4, 0.5) is 0 Å². The van der Waals surface area contributed by atoms with E-state index in [1.54, 1.807) is 53.8 Å². The lowest BCUT2D eigenvalue weighted by Crippen LogP contribution is -2.33. The molecule has 0 saturated carbocycles. The standard InChI is InChI=1S/C19H15Cl2N3O3/c1-13-9-25-19(27-13,10-24-11-22-23-12-24)17-7-6-16(8-18(17)21)26-15-4-2-14(20)3-5-15/h2-9,11-12H,10H2,1H3. The van der Waals surface area contributed by atoms with Crippen molar-refractivity contribution in [3.8, 4) is 11.5 Å². The van der Waals surface area contributed by atoms with Crippen LogP contribution in [-0.4, -0.2) is 14.8 Å². The second kappa shape index (κ2) is 7.13. The maximum Gasteiger partial charge on any atom is 0.296 e. The third kappa shape index (κ3) is 3.72. The molecule has 3 aromatic rings. The monoisotopic (exact) mass is 403 g/mol. The van der Waals surface area contributed by atoms with Crippen LogP contribution in [0.5, 0.6) is 11.5 Å². The van der Waals surface area contributed by atoms with Gasteiger partial charge in [0.1, 0.15) is 42.7 Å². The summed E-state index contributed by atoms with van der Waals surface area (Å²) in [5.74, 6) is 0.810. The molecule has 1 aliphatic heterocycles. The SMILES string of the molecule is CC1=COC(Cn2cnnc2)(c2ccc(Oc3ccc(Cl)cc3)cc2Cl)O1. The molecule has 0 radical (unpaired) electrons. The molecule has 0 fully saturated rings. The van der Waals surface area contributed by atoms with E-state index in [4.69, 9.17) is 37.4 Å². The fraction of sp³-hybridized carbons (Fsp3) is 0.158. The Labute approximate surface area is 165 Å². The molecule has 27 heavy (non-hydrogen) atoms. The van der Waals surface area contributed by atoms with Crippen LogP contribution in [0, 0.1) is 0 Å². The van der Waals surface area contributed by atoms with Crippen LogP contribution in [0.2, 0.25) is 10.0 Å². The quantitative estimate of drug-likeness (QED) is 0.590. The first kappa shape index (κ1) is 17.7. The number of nitrogens with zero attached hydrogens (tertiary/aromatic N) is 3. The van der Waals surface area contributed by atoms with Gasteiger partial charge in [0.2, 0.25) is 0 Å². The van der Waals surface area contributed by atoms with Gasteiger partial charge in [-0.25, -0.2) is 0 Å². The second-order valence-electron chi connectivity index (χ2n) is 6.03. The Bertz CT molecular complexity index is 974. The molecule has 0 aliphatic carbocycles. The van der Waals surface area contributed by atoms with Crippen LogP contribution < -0.4 is 4.74 Å². The molecule has 2 aromatic carbocycles. The van der Waals surface area contributed by atoms with Gasteiger partial charge in [-0.05, 0) is 49.4 Å². The van der Waals surface area contributed by atoms with Crippen LogP contribution in [0.1, 0.15) is 12.5 Å². The Morgan fingerprint density at radius 2 is 1.74 bits per heavy atom. The minimum atomic E-state index is -1.09. The number of benzene rings is 2. The van der Waals surface area contributed by atoms with Gasteiger partial charge < -0.3 is 18.8 Å². The zero-order chi connectivity index (χ0) is 18.9. The predicted octanol–water partition coefficient (Wildman–Crippen LogP) is 5.14. The van der Waals surface area contributed by atoms with Gasteiger partial charge in [-0.3, -0.25) is 0 Å². The average Bonchev–Trinajstić information content (AvgIpc) is 3.28. The molecule has 1 aromatic heterocycles. The van der Waals surface area contributed by atoms with Crippen LogP contribution in [-0.2, 0) is 21.8 Å². The summed E-state index contributed by atoms with van der Waals surface area (Å²) in [6, 6.07) is 12.4. The van der Waals surface area contributed by atoms with Crippen molar-refractivity contribution in [3.05, 3.63) is 82.7 Å². The van der Waals surface area contributed by atoms with E-state index >= 15 is 0 Å². The fourth-order valence-electron chi connectivity index (χ4n) is 2.81. The highest BCUT2D eigenvalue weighted by molar-refractivity contribution is 6.31. The third-order valence-corrected chi connectivity index (χ3v) is 4.56. The third-order valence-electron chi connectivity index (χ3n) is 4.00. The summed E-state index contributed by atoms with van der Waals surface area (Å²) in [6.45, 7) is 2.16. The Balaban J connectivity index is 1.62. The molecule has 8 heteroatoms. The maximum absolute atomic E-state index is 6.55. The Hall–Kier alpha value is -2.70. The van der Waals surface area contributed by atoms with E-state index in [2.05, 4.69) is 10.2 Å². The molecule has 138 valence electrons. The van der Waals surface area contributed by atoms with E-state index in [-0.39, 0.29) is 0 Å². The lowest BCUT2D eigenvalue weighted by molar-refractivity contribution is -0.167. The summed E-state index contributed by atoms with van der Waals surface area (Å²) < 4.78 is 19.4. The molecule has 0 spiro atoms. The highest BCUT2D eigenvalue weighted by Gasteiger charge is 2.42. The first-order chi connectivity index (χ1) is 13.0. The molecule has 1 aliphatic rings. The molecule has 0 N–H and O–H groups in total. The van der Waals surface area contributed by atoms with Crippen LogP contribution >= 0.6 is 23.2 Å². The number of halogens is 2. The van der Waals surface area contributed by atoms with Crippen molar-refractivity contribution in [2.75, 3.05) is 0 Å². The number of ether oxygens (including phenoxy) is 3. The van der Waals surface area contributed by atoms with Crippen molar-refractivity contribution in [2.45, 2.75) is 19.3 Å². The average molecular weight is 404 g/mol. The molecule has 0 amide bonds. The fourth-order valence-corrected chi connectivity index (χ4v) is 3.25. The molecular formula is C19H15Cl2N3O3. The maximum atomic E-state index is 6.55. The van der Waals surface area contributed by atoms with Gasteiger partial charge in [0.15, 0.2) is 0 Å². The summed E-state index contributed by atoms with van der Waals surface area (Å²) in [5, 5.41) is 8.74. The van der Waals surface area contributed by atoms with Gasteiger partial charge in [-0.1, -0.05) is 23.2 Å². The number of aromatic nitrogens is 3. The molecule has 6 nitrogen and oxygen atoms in total. The highest BCUT2D eigenvalue weighted by atomic mass is 35.5. The summed E-state index contributed by atoms with van der Waals surface area (Å²) in [4.78, 5) is 0. The van der Waals surface area contributed by atoms with Gasteiger partial charge in [-0.15, -0.1) is 10.2 Å². The number of allylic oxidation sites excluding steroid dienone is 1. The molecule has 4 rings (SSSR count). The van der Waals surface area contributed by atoms with Crippen molar-refractivity contribution < 1.29 is 14.2 Å². The van der Waals surface area contributed by atoms with E-state index in [0.717, 1.165) is 0 Å². The highest BCUT2D eigenvalue weighted by Crippen LogP contribution is 2.41. The smallest absolute Gasteiger partial charge is 0.296 e. The molecule has 0 saturated heterocycles. The van der Waals surface area contributed by atoms with Crippen LogP contribution in [0.3, 0.4) is 0 Å². The predicted molar refractivity (Wildman–Crippen MR) is 101 cm³/mol. The minimum Gasteiger partial charge on any atom is -0.457 e. The zero-order valence-corrected chi connectivity index (χ0v) is 15.8. The van der Waals surface area contributed by atoms with Crippen LogP contribution in [0.25, 0.3) is 0 Å². The van der Waals surface area contributed by atoms with Gasteiger partial charge in [0.05, 0.1) is 10.6 Å². The molecule has 1 atom stereocenters. The van der Waals surface area contributed by atoms with Gasteiger partial charge in [0, 0.05) is 5.02 Å². The topological polar surface area (TPSA) is 58.4 Å². The van der Waals surface area contributed by atoms with E-state index in [9.17, 15) is 0 Å². The number of hydrogen-bond donors (Lipinski definition) is 0. The molecule has 0 bridgehead atoms. The van der Waals surface area contributed by atoms with Crippen molar-refractivity contribution in [3.63, 3.8) is 0 Å². The number of hydrogen-bond acceptors (Lipinski definition) is 5. The first-order valence-corrected chi connectivity index (χ1v) is 8.89. The van der Waals surface area contributed by atoms with E-state index < -0.39 is 5.79 Å². The van der Waals surface area contributed by atoms with E-state index in [1.807, 2.05) is 19.1 Å². The zero-order valence-electron chi connectivity index (χ0n) is 14.3. The van der Waals surface area contributed by atoms with Crippen molar-refractivity contribution in [1.29, 1.82) is 0 Å². The first-order valence-electron chi connectivity index (χ1n) is 8.13. The minimum absolute atomic E-state index is 0.338. The van der Waals surface area contributed by atoms with E-state index in [1.165, 1.54) is 0 Å². The lowest BCUT2D eigenvalue weighted by Gasteiger charge is -2.29. The Kier molecular flexibility index (Phi) is 4.68. The molecule has 2 heterocycles. The lowest BCUT2D eigenvalue weighted by atomic mass is 10.0. The van der Waals surface area contributed by atoms with Gasteiger partial charge in [-0.2, -0.15) is 0 Å². The van der Waals surface area contributed by atoms with Crippen LogP contribution in [0.15, 0.2) is 67.1 Å². The summed E-state index contributed by atoms with van der Waals surface area (Å²) in [7, 11) is 0. The van der Waals surface area contributed by atoms with Gasteiger partial charge in [0.25, 0.3) is 5.79 Å². The second-order valence-corrected chi connectivity index (χ2v) is 6.88.